The molecule has 0 spiro atoms. The van der Waals surface area contributed by atoms with Crippen LogP contribution in [0.2, 0.25) is 0 Å². The van der Waals surface area contributed by atoms with E-state index in [9.17, 15) is 9.59 Å². The molecule has 5 nitrogen and oxygen atoms in total. The summed E-state index contributed by atoms with van der Waals surface area (Å²) in [6.07, 6.45) is 0.893. The summed E-state index contributed by atoms with van der Waals surface area (Å²) in [5.74, 6) is 0.456. The van der Waals surface area contributed by atoms with Crippen molar-refractivity contribution in [2.75, 3.05) is 7.11 Å². The summed E-state index contributed by atoms with van der Waals surface area (Å²) in [4.78, 5) is 28.2. The molecular formula is C27H28N2O3. The summed E-state index contributed by atoms with van der Waals surface area (Å²) < 4.78 is 5.41. The Morgan fingerprint density at radius 1 is 0.969 bits per heavy atom. The molecule has 1 saturated heterocycles. The molecule has 2 amide bonds. The van der Waals surface area contributed by atoms with Crippen LogP contribution in [0.1, 0.15) is 35.6 Å². The molecule has 0 radical (unpaired) electrons. The van der Waals surface area contributed by atoms with Gasteiger partial charge in [-0.2, -0.15) is 0 Å². The molecule has 1 aliphatic heterocycles. The van der Waals surface area contributed by atoms with Crippen LogP contribution in [0.3, 0.4) is 0 Å². The van der Waals surface area contributed by atoms with Crippen molar-refractivity contribution in [2.24, 2.45) is 5.92 Å². The molecule has 0 bridgehead atoms. The molecule has 5 heteroatoms. The van der Waals surface area contributed by atoms with Crippen LogP contribution in [0, 0.1) is 5.92 Å². The van der Waals surface area contributed by atoms with E-state index in [1.54, 1.807) is 7.11 Å². The van der Waals surface area contributed by atoms with Crippen molar-refractivity contribution >= 4 is 11.8 Å². The highest BCUT2D eigenvalue weighted by molar-refractivity contribution is 5.85. The third-order valence-corrected chi connectivity index (χ3v) is 6.03. The predicted octanol–water partition coefficient (Wildman–Crippen LogP) is 4.49. The number of carbonyl (C=O) groups excluding carboxylic acids is 2. The van der Waals surface area contributed by atoms with Gasteiger partial charge in [0.25, 0.3) is 0 Å². The van der Waals surface area contributed by atoms with E-state index in [-0.39, 0.29) is 23.8 Å². The zero-order chi connectivity index (χ0) is 22.3. The summed E-state index contributed by atoms with van der Waals surface area (Å²) >= 11 is 0. The van der Waals surface area contributed by atoms with Crippen LogP contribution in [0.5, 0.6) is 5.75 Å². The highest BCUT2D eigenvalue weighted by atomic mass is 16.5. The first-order valence-electron chi connectivity index (χ1n) is 11.0. The monoisotopic (exact) mass is 428 g/mol. The number of rotatable bonds is 7. The van der Waals surface area contributed by atoms with Gasteiger partial charge in [0.15, 0.2) is 0 Å². The number of amides is 2. The van der Waals surface area contributed by atoms with Gasteiger partial charge in [-0.15, -0.1) is 0 Å². The van der Waals surface area contributed by atoms with Crippen molar-refractivity contribution in [3.63, 3.8) is 0 Å². The van der Waals surface area contributed by atoms with E-state index in [4.69, 9.17) is 4.74 Å². The fraction of sp³-hybridized carbons (Fsp3) is 0.259. The highest BCUT2D eigenvalue weighted by Gasteiger charge is 2.40. The Balaban J connectivity index is 1.59. The Bertz CT molecular complexity index is 1050. The van der Waals surface area contributed by atoms with Crippen LogP contribution in [0.25, 0.3) is 0 Å². The fourth-order valence-corrected chi connectivity index (χ4v) is 4.42. The number of likely N-dealkylation sites (tertiary alicyclic amines) is 1. The number of ether oxygens (including phenoxy) is 1. The van der Waals surface area contributed by atoms with Gasteiger partial charge in [-0.3, -0.25) is 9.59 Å². The number of nitrogens with one attached hydrogen (secondary N) is 1. The lowest BCUT2D eigenvalue weighted by atomic mass is 9.83. The molecule has 1 fully saturated rings. The van der Waals surface area contributed by atoms with Crippen molar-refractivity contribution in [1.82, 2.24) is 10.2 Å². The molecule has 3 aromatic carbocycles. The molecule has 4 rings (SSSR count). The lowest BCUT2D eigenvalue weighted by molar-refractivity contribution is -0.144. The zero-order valence-corrected chi connectivity index (χ0v) is 18.2. The quantitative estimate of drug-likeness (QED) is 0.603. The molecular weight excluding hydrogens is 400 g/mol. The lowest BCUT2D eigenvalue weighted by Gasteiger charge is -2.41. The molecule has 3 aromatic rings. The van der Waals surface area contributed by atoms with Gasteiger partial charge in [0, 0.05) is 25.1 Å². The van der Waals surface area contributed by atoms with Crippen molar-refractivity contribution < 1.29 is 14.3 Å². The largest absolute Gasteiger partial charge is 0.496 e. The van der Waals surface area contributed by atoms with E-state index < -0.39 is 0 Å². The SMILES string of the molecule is COc1ccccc1CNC(=O)[C@@H]1CCC(=O)N(Cc2ccccc2)[C@@H]1c1ccccc1. The van der Waals surface area contributed by atoms with E-state index in [0.717, 1.165) is 22.4 Å². The number of hydrogen-bond donors (Lipinski definition) is 1. The Labute approximate surface area is 189 Å². The second kappa shape index (κ2) is 10.1. The molecule has 0 saturated carbocycles. The molecule has 1 heterocycles. The molecule has 0 aromatic heterocycles. The second-order valence-electron chi connectivity index (χ2n) is 8.04. The minimum absolute atomic E-state index is 0.0460. The molecule has 0 aliphatic carbocycles. The van der Waals surface area contributed by atoms with E-state index in [1.807, 2.05) is 89.8 Å². The summed E-state index contributed by atoms with van der Waals surface area (Å²) in [6.45, 7) is 0.864. The number of piperidine rings is 1. The van der Waals surface area contributed by atoms with Crippen LogP contribution in [-0.2, 0) is 22.7 Å². The number of methoxy groups -OCH3 is 1. The van der Waals surface area contributed by atoms with Crippen LogP contribution in [0.15, 0.2) is 84.9 Å². The first-order chi connectivity index (χ1) is 15.7. The third kappa shape index (κ3) is 4.83. The molecule has 0 unspecified atom stereocenters. The molecule has 1 N–H and O–H groups in total. The predicted molar refractivity (Wildman–Crippen MR) is 124 cm³/mol. The van der Waals surface area contributed by atoms with Crippen LogP contribution in [-0.4, -0.2) is 23.8 Å². The summed E-state index contributed by atoms with van der Waals surface area (Å²) in [5.41, 5.74) is 2.96. The van der Waals surface area contributed by atoms with Gasteiger partial charge in [0.1, 0.15) is 5.75 Å². The molecule has 2 atom stereocenters. The van der Waals surface area contributed by atoms with Gasteiger partial charge in [-0.1, -0.05) is 78.9 Å². The Morgan fingerprint density at radius 2 is 1.62 bits per heavy atom. The van der Waals surface area contributed by atoms with Gasteiger partial charge in [0.05, 0.1) is 19.1 Å². The van der Waals surface area contributed by atoms with E-state index >= 15 is 0 Å². The summed E-state index contributed by atoms with van der Waals surface area (Å²) in [7, 11) is 1.63. The zero-order valence-electron chi connectivity index (χ0n) is 18.2. The first-order valence-corrected chi connectivity index (χ1v) is 11.0. The standard InChI is InChI=1S/C27H28N2O3/c1-32-24-15-9-8-14-22(24)18-28-27(31)23-16-17-25(30)29(19-20-10-4-2-5-11-20)26(23)21-12-6-3-7-13-21/h2-15,23,26H,16-19H2,1H3,(H,28,31)/t23-,26-/m1/s1. The van der Waals surface area contributed by atoms with Gasteiger partial charge < -0.3 is 15.0 Å². The Kier molecular flexibility index (Phi) is 6.85. The van der Waals surface area contributed by atoms with E-state index in [1.165, 1.54) is 0 Å². The number of hydrogen-bond acceptors (Lipinski definition) is 3. The van der Waals surface area contributed by atoms with Crippen molar-refractivity contribution in [2.45, 2.75) is 32.0 Å². The van der Waals surface area contributed by atoms with Crippen molar-refractivity contribution in [1.29, 1.82) is 0 Å². The van der Waals surface area contributed by atoms with Crippen molar-refractivity contribution in [3.8, 4) is 5.75 Å². The summed E-state index contributed by atoms with van der Waals surface area (Å²) in [5, 5.41) is 3.09. The van der Waals surface area contributed by atoms with Gasteiger partial charge in [0.2, 0.25) is 11.8 Å². The summed E-state index contributed by atoms with van der Waals surface area (Å²) in [6, 6.07) is 27.2. The first kappa shape index (κ1) is 21.6. The topological polar surface area (TPSA) is 58.6 Å². The van der Waals surface area contributed by atoms with Gasteiger partial charge >= 0.3 is 0 Å². The average molecular weight is 429 g/mol. The normalized spacial score (nSPS) is 18.3. The van der Waals surface area contributed by atoms with E-state index in [0.29, 0.717) is 25.9 Å². The van der Waals surface area contributed by atoms with Crippen LogP contribution < -0.4 is 10.1 Å². The molecule has 164 valence electrons. The number of benzene rings is 3. The highest BCUT2D eigenvalue weighted by Crippen LogP contribution is 2.38. The van der Waals surface area contributed by atoms with E-state index in [2.05, 4.69) is 5.32 Å². The maximum Gasteiger partial charge on any atom is 0.225 e. The third-order valence-electron chi connectivity index (χ3n) is 6.03. The smallest absolute Gasteiger partial charge is 0.225 e. The maximum atomic E-state index is 13.4. The number of para-hydroxylation sites is 1. The minimum atomic E-state index is -0.325. The second-order valence-corrected chi connectivity index (χ2v) is 8.04. The molecule has 1 aliphatic rings. The van der Waals surface area contributed by atoms with Gasteiger partial charge in [-0.05, 0) is 23.6 Å². The number of nitrogens with zero attached hydrogens (tertiary/aromatic N) is 1. The van der Waals surface area contributed by atoms with Crippen LogP contribution >= 0.6 is 0 Å². The minimum Gasteiger partial charge on any atom is -0.496 e. The Morgan fingerprint density at radius 3 is 2.34 bits per heavy atom. The fourth-order valence-electron chi connectivity index (χ4n) is 4.42. The maximum absolute atomic E-state index is 13.4. The lowest BCUT2D eigenvalue weighted by Crippen LogP contribution is -2.47. The Hall–Kier alpha value is -3.60. The number of carbonyl (C=O) groups is 2. The van der Waals surface area contributed by atoms with Crippen molar-refractivity contribution in [3.05, 3.63) is 102 Å². The molecule has 32 heavy (non-hydrogen) atoms. The average Bonchev–Trinajstić information content (AvgIpc) is 2.85. The van der Waals surface area contributed by atoms with Crippen LogP contribution in [0.4, 0.5) is 0 Å². The van der Waals surface area contributed by atoms with Gasteiger partial charge in [-0.25, -0.2) is 0 Å².